The normalized spacial score (nSPS) is 17.0. The minimum atomic E-state index is -0.624. The smallest absolute Gasteiger partial charge is 0.259 e. The van der Waals surface area contributed by atoms with Crippen molar-refractivity contribution in [1.82, 2.24) is 0 Å². The predicted molar refractivity (Wildman–Crippen MR) is 129 cm³/mol. The average molecular weight is 431 g/mol. The number of amides is 1. The number of Topliss-reactive ketones (excluding diaryl/α,β-unsaturated/α-hetero) is 1. The Kier molecular flexibility index (Phi) is 9.46. The van der Waals surface area contributed by atoms with Crippen LogP contribution in [0.5, 0.6) is 0 Å². The van der Waals surface area contributed by atoms with Crippen LogP contribution in [0.25, 0.3) is 0 Å². The highest BCUT2D eigenvalue weighted by molar-refractivity contribution is 6.57. The molecule has 0 saturated heterocycles. The zero-order chi connectivity index (χ0) is 23.3. The zero-order valence-electron chi connectivity index (χ0n) is 18.0. The van der Waals surface area contributed by atoms with E-state index in [4.69, 9.17) is 5.21 Å². The summed E-state index contributed by atoms with van der Waals surface area (Å²) in [5.41, 5.74) is 1.37. The van der Waals surface area contributed by atoms with Gasteiger partial charge in [0.2, 0.25) is 5.78 Å². The van der Waals surface area contributed by atoms with Gasteiger partial charge in [-0.05, 0) is 50.0 Å². The van der Waals surface area contributed by atoms with E-state index in [2.05, 4.69) is 33.8 Å². The number of benzene rings is 1. The summed E-state index contributed by atoms with van der Waals surface area (Å²) < 4.78 is 0. The summed E-state index contributed by atoms with van der Waals surface area (Å²) in [6.45, 7) is 9.32. The second kappa shape index (κ2) is 12.5. The first-order chi connectivity index (χ1) is 15.5. The molecule has 0 spiro atoms. The maximum absolute atomic E-state index is 13.4. The minimum Gasteiger partial charge on any atom is -0.410 e. The lowest BCUT2D eigenvalue weighted by Crippen LogP contribution is -2.27. The van der Waals surface area contributed by atoms with Crippen LogP contribution in [-0.4, -0.2) is 34.0 Å². The molecule has 0 aliphatic heterocycles. The summed E-state index contributed by atoms with van der Waals surface area (Å²) in [5, 5.41) is 23.3. The molecule has 7 nitrogen and oxygen atoms in total. The Morgan fingerprint density at radius 1 is 1.25 bits per heavy atom. The van der Waals surface area contributed by atoms with Crippen molar-refractivity contribution in [3.8, 4) is 0 Å². The first-order valence-corrected chi connectivity index (χ1v) is 10.1. The first-order valence-electron chi connectivity index (χ1n) is 10.1. The van der Waals surface area contributed by atoms with Crippen molar-refractivity contribution in [2.75, 3.05) is 5.32 Å². The second-order valence-corrected chi connectivity index (χ2v) is 6.74. The molecule has 0 unspecified atom stereocenters. The zero-order valence-corrected chi connectivity index (χ0v) is 18.0. The van der Waals surface area contributed by atoms with E-state index >= 15 is 0 Å². The van der Waals surface area contributed by atoms with Crippen LogP contribution in [0.2, 0.25) is 0 Å². The third-order valence-electron chi connectivity index (χ3n) is 4.39. The summed E-state index contributed by atoms with van der Waals surface area (Å²) >= 11 is 0. The molecule has 0 atom stereocenters. The lowest BCUT2D eigenvalue weighted by molar-refractivity contribution is -0.117. The number of rotatable bonds is 9. The fourth-order valence-corrected chi connectivity index (χ4v) is 2.81. The number of anilines is 1. The third kappa shape index (κ3) is 6.70. The Labute approximate surface area is 187 Å². The van der Waals surface area contributed by atoms with Gasteiger partial charge in [0.05, 0.1) is 11.3 Å². The number of carbonyl (C=O) groups excluding carboxylic acids is 2. The monoisotopic (exact) mass is 430 g/mol. The summed E-state index contributed by atoms with van der Waals surface area (Å²) in [6, 6.07) is 8.82. The number of allylic oxidation sites excluding steroid dienone is 7. The molecule has 1 aromatic rings. The fraction of sp³-hybridized carbons (Fsp3) is 0.160. The van der Waals surface area contributed by atoms with Crippen LogP contribution in [-0.2, 0) is 9.59 Å². The molecule has 1 amide bonds. The average Bonchev–Trinajstić information content (AvgIpc) is 2.80. The topological polar surface area (TPSA) is 103 Å². The minimum absolute atomic E-state index is 0.0824. The first kappa shape index (κ1) is 24.1. The second-order valence-electron chi connectivity index (χ2n) is 6.74. The molecule has 1 aliphatic carbocycles. The quantitative estimate of drug-likeness (QED) is 0.0859. The van der Waals surface area contributed by atoms with Crippen molar-refractivity contribution in [1.29, 1.82) is 0 Å². The predicted octanol–water partition coefficient (Wildman–Crippen LogP) is 4.81. The number of hydrogen-bond acceptors (Lipinski definition) is 6. The molecule has 2 N–H and O–H groups in total. The molecule has 0 bridgehead atoms. The number of ketones is 1. The maximum atomic E-state index is 13.4. The van der Waals surface area contributed by atoms with Crippen molar-refractivity contribution >= 4 is 34.5 Å². The Morgan fingerprint density at radius 3 is 2.66 bits per heavy atom. The van der Waals surface area contributed by atoms with Crippen LogP contribution in [0.1, 0.15) is 26.2 Å². The number of para-hydroxylation sites is 1. The molecule has 1 aliphatic rings. The van der Waals surface area contributed by atoms with E-state index < -0.39 is 11.7 Å². The highest BCUT2D eigenvalue weighted by atomic mass is 16.4. The van der Waals surface area contributed by atoms with Crippen LogP contribution in [0.3, 0.4) is 0 Å². The van der Waals surface area contributed by atoms with Gasteiger partial charge in [0.25, 0.3) is 5.91 Å². The molecule has 0 heterocycles. The lowest BCUT2D eigenvalue weighted by Gasteiger charge is -2.11. The molecule has 1 aromatic carbocycles. The van der Waals surface area contributed by atoms with Gasteiger partial charge in [-0.15, -0.1) is 11.7 Å². The summed E-state index contributed by atoms with van der Waals surface area (Å²) in [5.74, 6) is -1.20. The molecule has 2 rings (SSSR count). The molecular weight excluding hydrogens is 404 g/mol. The van der Waals surface area contributed by atoms with Crippen molar-refractivity contribution in [3.05, 3.63) is 91.1 Å². The van der Waals surface area contributed by atoms with Crippen molar-refractivity contribution in [2.24, 2.45) is 15.4 Å². The number of carbonyl (C=O) groups is 2. The summed E-state index contributed by atoms with van der Waals surface area (Å²) in [7, 11) is 0. The lowest BCUT2D eigenvalue weighted by atomic mass is 9.99. The maximum Gasteiger partial charge on any atom is 0.259 e. The van der Waals surface area contributed by atoms with Crippen LogP contribution in [0.15, 0.2) is 106 Å². The SMILES string of the molecule is C=CC/C=C(/C(=O)Nc1ccccc1)C(=O)C(=NN=C1CCC=CC1=NO)C(=C)/C=C\C. The molecule has 0 aromatic heterocycles. The van der Waals surface area contributed by atoms with Gasteiger partial charge in [0.1, 0.15) is 11.4 Å². The Hall–Kier alpha value is -4.13. The molecule has 0 fully saturated rings. The van der Waals surface area contributed by atoms with Gasteiger partial charge >= 0.3 is 0 Å². The molecule has 164 valence electrons. The van der Waals surface area contributed by atoms with Gasteiger partial charge in [0, 0.05) is 5.69 Å². The highest BCUT2D eigenvalue weighted by Crippen LogP contribution is 2.14. The molecule has 7 heteroatoms. The molecule has 0 saturated carbocycles. The number of hydrogen-bond donors (Lipinski definition) is 2. The van der Waals surface area contributed by atoms with Gasteiger partial charge in [-0.1, -0.05) is 60.3 Å². The number of nitrogens with zero attached hydrogens (tertiary/aromatic N) is 3. The Bertz CT molecular complexity index is 1060. The van der Waals surface area contributed by atoms with E-state index in [1.165, 1.54) is 6.08 Å². The molecular formula is C25H26N4O3. The van der Waals surface area contributed by atoms with Crippen LogP contribution < -0.4 is 5.32 Å². The number of oxime groups is 1. The van der Waals surface area contributed by atoms with E-state index in [9.17, 15) is 9.59 Å². The third-order valence-corrected chi connectivity index (χ3v) is 4.39. The van der Waals surface area contributed by atoms with E-state index in [0.717, 1.165) is 0 Å². The van der Waals surface area contributed by atoms with E-state index in [0.29, 0.717) is 36.2 Å². The van der Waals surface area contributed by atoms with Crippen LogP contribution >= 0.6 is 0 Å². The van der Waals surface area contributed by atoms with Crippen molar-refractivity contribution in [2.45, 2.75) is 26.2 Å². The van der Waals surface area contributed by atoms with Gasteiger partial charge in [-0.2, -0.15) is 5.10 Å². The summed E-state index contributed by atoms with van der Waals surface area (Å²) in [6.07, 6.45) is 11.4. The van der Waals surface area contributed by atoms with Gasteiger partial charge < -0.3 is 10.5 Å². The largest absolute Gasteiger partial charge is 0.410 e. The summed E-state index contributed by atoms with van der Waals surface area (Å²) in [4.78, 5) is 26.3. The van der Waals surface area contributed by atoms with E-state index in [-0.39, 0.29) is 17.0 Å². The van der Waals surface area contributed by atoms with Crippen molar-refractivity contribution in [3.63, 3.8) is 0 Å². The van der Waals surface area contributed by atoms with Crippen LogP contribution in [0, 0.1) is 0 Å². The number of nitrogens with one attached hydrogen (secondary N) is 1. The van der Waals surface area contributed by atoms with Gasteiger partial charge in [0.15, 0.2) is 0 Å². The standard InChI is InChI=1S/C25H26N4O3/c1-4-6-15-20(25(31)26-19-13-8-7-9-14-19)24(30)23(18(3)12-5-2)28-27-21-16-10-11-17-22(21)29-32/h4-5,7-9,11-15,17,32H,1,3,6,10,16H2,2H3,(H,26,31)/b12-5-,20-15+,27-21?,28-23?,29-22?. The van der Waals surface area contributed by atoms with Crippen molar-refractivity contribution < 1.29 is 14.8 Å². The van der Waals surface area contributed by atoms with Gasteiger partial charge in [-0.3, -0.25) is 9.59 Å². The van der Waals surface area contributed by atoms with E-state index in [1.54, 1.807) is 55.5 Å². The van der Waals surface area contributed by atoms with Crippen LogP contribution in [0.4, 0.5) is 5.69 Å². The van der Waals surface area contributed by atoms with Gasteiger partial charge in [-0.25, -0.2) is 0 Å². The molecule has 32 heavy (non-hydrogen) atoms. The Balaban J connectivity index is 2.45. The highest BCUT2D eigenvalue weighted by Gasteiger charge is 2.25. The Morgan fingerprint density at radius 2 is 2.00 bits per heavy atom. The molecule has 0 radical (unpaired) electrons. The van der Waals surface area contributed by atoms with E-state index in [1.807, 2.05) is 12.1 Å². The fourth-order valence-electron chi connectivity index (χ4n) is 2.81.